The average Bonchev–Trinajstić information content (AvgIpc) is 3.20. The maximum absolute atomic E-state index is 13.6. The first-order valence-corrected chi connectivity index (χ1v) is 12.8. The van der Waals surface area contributed by atoms with Gasteiger partial charge in [0.15, 0.2) is 0 Å². The second-order valence-corrected chi connectivity index (χ2v) is 11.4. The Labute approximate surface area is 201 Å². The Kier molecular flexibility index (Phi) is 8.11. The van der Waals surface area contributed by atoms with Crippen LogP contribution in [0.1, 0.15) is 75.7 Å². The monoisotopic (exact) mass is 475 g/mol. The van der Waals surface area contributed by atoms with Gasteiger partial charge in [-0.15, -0.1) is 11.8 Å². The van der Waals surface area contributed by atoms with E-state index in [4.69, 9.17) is 4.74 Å². The zero-order valence-electron chi connectivity index (χ0n) is 20.5. The second-order valence-electron chi connectivity index (χ2n) is 9.71. The fraction of sp³-hybridized carbons (Fsp3) is 0.640. The van der Waals surface area contributed by atoms with Crippen LogP contribution in [0.5, 0.6) is 0 Å². The van der Waals surface area contributed by atoms with Crippen molar-refractivity contribution in [3.05, 3.63) is 35.4 Å². The summed E-state index contributed by atoms with van der Waals surface area (Å²) in [5, 5.41) is 5.75. The van der Waals surface area contributed by atoms with Crippen molar-refractivity contribution in [3.8, 4) is 0 Å². The number of carbonyl (C=O) groups is 3. The van der Waals surface area contributed by atoms with Crippen LogP contribution in [-0.4, -0.2) is 58.7 Å². The molecule has 0 aromatic heterocycles. The highest BCUT2D eigenvalue weighted by Crippen LogP contribution is 2.56. The number of nitrogens with one attached hydrogen (secondary N) is 2. The van der Waals surface area contributed by atoms with E-state index in [1.54, 1.807) is 16.7 Å². The standard InChI is InChI=1S/C25H37N3O4S/c1-7-16(4)19(21(29)26-13-10-14-32-15(2)3)27-22(30)20-25(5,6)33-24-18-12-9-8-11-17(18)23(31)28(20)24/h8-9,11-12,15-16,19-20,24H,7,10,13-14H2,1-6H3,(H,26,29)(H,27,30)/t16-,19-,20-,24+/m0/s1. The summed E-state index contributed by atoms with van der Waals surface area (Å²) in [5.41, 5.74) is 1.61. The highest BCUT2D eigenvalue weighted by atomic mass is 32.2. The van der Waals surface area contributed by atoms with Crippen molar-refractivity contribution >= 4 is 29.5 Å². The molecule has 7 nitrogen and oxygen atoms in total. The zero-order chi connectivity index (χ0) is 24.3. The fourth-order valence-corrected chi connectivity index (χ4v) is 6.04. The van der Waals surface area contributed by atoms with Gasteiger partial charge in [0.25, 0.3) is 5.91 Å². The predicted molar refractivity (Wildman–Crippen MR) is 131 cm³/mol. The summed E-state index contributed by atoms with van der Waals surface area (Å²) in [5.74, 6) is -0.637. The highest BCUT2D eigenvalue weighted by molar-refractivity contribution is 8.01. The van der Waals surface area contributed by atoms with Crippen molar-refractivity contribution in [2.75, 3.05) is 13.2 Å². The number of rotatable bonds is 10. The topological polar surface area (TPSA) is 87.7 Å². The number of ether oxygens (including phenoxy) is 1. The summed E-state index contributed by atoms with van der Waals surface area (Å²) in [4.78, 5) is 41.4. The van der Waals surface area contributed by atoms with Crippen molar-refractivity contribution < 1.29 is 19.1 Å². The number of thioether (sulfide) groups is 1. The minimum absolute atomic E-state index is 0.0414. The molecule has 33 heavy (non-hydrogen) atoms. The van der Waals surface area contributed by atoms with Crippen LogP contribution < -0.4 is 10.6 Å². The molecule has 1 aromatic carbocycles. The molecule has 2 N–H and O–H groups in total. The molecule has 1 saturated heterocycles. The Hall–Kier alpha value is -2.06. The van der Waals surface area contributed by atoms with E-state index in [0.29, 0.717) is 25.1 Å². The molecule has 0 aliphatic carbocycles. The third-order valence-electron chi connectivity index (χ3n) is 6.41. The van der Waals surface area contributed by atoms with Gasteiger partial charge in [-0.2, -0.15) is 0 Å². The van der Waals surface area contributed by atoms with Gasteiger partial charge in [-0.05, 0) is 51.7 Å². The SMILES string of the molecule is CC[C@H](C)[C@H](NC(=O)[C@@H]1N2C(=O)c3ccccc3[C@H]2SC1(C)C)C(=O)NCCCOC(C)C. The Morgan fingerprint density at radius 3 is 2.58 bits per heavy atom. The summed E-state index contributed by atoms with van der Waals surface area (Å²) < 4.78 is 5.04. The lowest BCUT2D eigenvalue weighted by Gasteiger charge is -2.32. The minimum atomic E-state index is -0.661. The van der Waals surface area contributed by atoms with E-state index < -0.39 is 16.8 Å². The van der Waals surface area contributed by atoms with Gasteiger partial charge >= 0.3 is 0 Å². The van der Waals surface area contributed by atoms with E-state index in [1.165, 1.54) is 0 Å². The van der Waals surface area contributed by atoms with Crippen molar-refractivity contribution in [1.82, 2.24) is 15.5 Å². The normalized spacial score (nSPS) is 22.6. The first-order chi connectivity index (χ1) is 15.6. The highest BCUT2D eigenvalue weighted by Gasteiger charge is 2.57. The third kappa shape index (κ3) is 5.38. The van der Waals surface area contributed by atoms with Crippen molar-refractivity contribution in [2.45, 2.75) is 82.7 Å². The predicted octanol–water partition coefficient (Wildman–Crippen LogP) is 3.50. The van der Waals surface area contributed by atoms with Gasteiger partial charge in [0.05, 0.1) is 6.10 Å². The summed E-state index contributed by atoms with van der Waals surface area (Å²) >= 11 is 1.62. The van der Waals surface area contributed by atoms with Gasteiger partial charge in [0, 0.05) is 23.5 Å². The van der Waals surface area contributed by atoms with Gasteiger partial charge in [0.1, 0.15) is 17.5 Å². The van der Waals surface area contributed by atoms with E-state index in [2.05, 4.69) is 10.6 Å². The zero-order valence-corrected chi connectivity index (χ0v) is 21.3. The first kappa shape index (κ1) is 25.6. The van der Waals surface area contributed by atoms with Gasteiger partial charge in [-0.25, -0.2) is 0 Å². The molecule has 0 radical (unpaired) electrons. The Bertz CT molecular complexity index is 888. The number of amides is 3. The van der Waals surface area contributed by atoms with E-state index in [9.17, 15) is 14.4 Å². The van der Waals surface area contributed by atoms with Gasteiger partial charge in [-0.1, -0.05) is 38.5 Å². The Morgan fingerprint density at radius 1 is 1.21 bits per heavy atom. The summed E-state index contributed by atoms with van der Waals surface area (Å²) in [6.45, 7) is 13.0. The molecule has 1 aromatic rings. The molecule has 0 spiro atoms. The first-order valence-electron chi connectivity index (χ1n) is 11.9. The number of hydrogen-bond donors (Lipinski definition) is 2. The lowest BCUT2D eigenvalue weighted by atomic mass is 9.95. The van der Waals surface area contributed by atoms with E-state index >= 15 is 0 Å². The quantitative estimate of drug-likeness (QED) is 0.506. The van der Waals surface area contributed by atoms with Crippen LogP contribution in [0.15, 0.2) is 24.3 Å². The van der Waals surface area contributed by atoms with Gasteiger partial charge < -0.3 is 20.3 Å². The number of carbonyl (C=O) groups excluding carboxylic acids is 3. The van der Waals surface area contributed by atoms with Gasteiger partial charge in [-0.3, -0.25) is 14.4 Å². The van der Waals surface area contributed by atoms with Crippen LogP contribution >= 0.6 is 11.8 Å². The summed E-state index contributed by atoms with van der Waals surface area (Å²) in [6.07, 6.45) is 1.61. The minimum Gasteiger partial charge on any atom is -0.379 e. The third-order valence-corrected chi connectivity index (χ3v) is 7.94. The van der Waals surface area contributed by atoms with Crippen LogP contribution in [0, 0.1) is 5.92 Å². The lowest BCUT2D eigenvalue weighted by molar-refractivity contribution is -0.133. The van der Waals surface area contributed by atoms with Crippen LogP contribution in [0.3, 0.4) is 0 Å². The summed E-state index contributed by atoms with van der Waals surface area (Å²) in [7, 11) is 0. The second kappa shape index (κ2) is 10.5. The maximum Gasteiger partial charge on any atom is 0.256 e. The van der Waals surface area contributed by atoms with Crippen LogP contribution in [-0.2, 0) is 14.3 Å². The number of fused-ring (bicyclic) bond motifs is 3. The van der Waals surface area contributed by atoms with Crippen LogP contribution in [0.4, 0.5) is 0 Å². The smallest absolute Gasteiger partial charge is 0.256 e. The molecule has 2 aliphatic heterocycles. The van der Waals surface area contributed by atoms with Crippen molar-refractivity contribution in [2.24, 2.45) is 5.92 Å². The van der Waals surface area contributed by atoms with E-state index in [1.807, 2.05) is 65.8 Å². The molecule has 3 amide bonds. The molecular weight excluding hydrogens is 438 g/mol. The molecule has 8 heteroatoms. The largest absolute Gasteiger partial charge is 0.379 e. The lowest BCUT2D eigenvalue weighted by Crippen LogP contribution is -2.58. The number of hydrogen-bond acceptors (Lipinski definition) is 5. The molecule has 1 fully saturated rings. The molecule has 2 heterocycles. The molecule has 0 unspecified atom stereocenters. The Morgan fingerprint density at radius 2 is 1.91 bits per heavy atom. The van der Waals surface area contributed by atoms with E-state index in [-0.39, 0.29) is 35.1 Å². The molecular formula is C25H37N3O4S. The molecule has 182 valence electrons. The van der Waals surface area contributed by atoms with Crippen molar-refractivity contribution in [3.63, 3.8) is 0 Å². The van der Waals surface area contributed by atoms with Crippen LogP contribution in [0.25, 0.3) is 0 Å². The number of benzene rings is 1. The number of nitrogens with zero attached hydrogens (tertiary/aromatic N) is 1. The van der Waals surface area contributed by atoms with E-state index in [0.717, 1.165) is 12.0 Å². The molecule has 0 saturated carbocycles. The van der Waals surface area contributed by atoms with Crippen LogP contribution in [0.2, 0.25) is 0 Å². The summed E-state index contributed by atoms with van der Waals surface area (Å²) in [6, 6.07) is 6.22. The molecule has 4 atom stereocenters. The maximum atomic E-state index is 13.6. The van der Waals surface area contributed by atoms with Gasteiger partial charge in [0.2, 0.25) is 11.8 Å². The molecule has 2 aliphatic rings. The average molecular weight is 476 g/mol. The molecule has 0 bridgehead atoms. The Balaban J connectivity index is 1.71. The fourth-order valence-electron chi connectivity index (χ4n) is 4.45. The molecule has 3 rings (SSSR count). The van der Waals surface area contributed by atoms with Crippen molar-refractivity contribution in [1.29, 1.82) is 0 Å².